The Morgan fingerprint density at radius 2 is 2.06 bits per heavy atom. The molecule has 0 spiro atoms. The molecule has 0 aromatic heterocycles. The Morgan fingerprint density at radius 1 is 1.39 bits per heavy atom. The van der Waals surface area contributed by atoms with E-state index in [1.54, 1.807) is 6.92 Å². The third kappa shape index (κ3) is 5.25. The van der Waals surface area contributed by atoms with Crippen molar-refractivity contribution in [2.45, 2.75) is 51.2 Å². The van der Waals surface area contributed by atoms with Crippen molar-refractivity contribution in [3.63, 3.8) is 0 Å². The van der Waals surface area contributed by atoms with Gasteiger partial charge in [0.1, 0.15) is 6.54 Å². The molecule has 1 amide bonds. The van der Waals surface area contributed by atoms with Crippen LogP contribution in [0.1, 0.15) is 39.0 Å². The molecule has 0 heterocycles. The predicted octanol–water partition coefficient (Wildman–Crippen LogP) is 2.30. The van der Waals surface area contributed by atoms with E-state index in [1.165, 1.54) is 0 Å². The van der Waals surface area contributed by atoms with E-state index in [0.717, 1.165) is 30.6 Å². The smallest absolute Gasteiger partial charge is 0.334 e. The molecule has 1 fully saturated rings. The summed E-state index contributed by atoms with van der Waals surface area (Å²) in [6, 6.07) is 0.0919. The lowest BCUT2D eigenvalue weighted by Gasteiger charge is -2.29. The molecule has 0 aliphatic heterocycles. The largest absolute Gasteiger partial charge is 0.406 e. The minimum Gasteiger partial charge on any atom is -0.334 e. The number of rotatable bonds is 4. The topological polar surface area (TPSA) is 46.3 Å². The fourth-order valence-corrected chi connectivity index (χ4v) is 2.49. The molecule has 1 aliphatic rings. The number of halogens is 3. The van der Waals surface area contributed by atoms with E-state index >= 15 is 0 Å². The summed E-state index contributed by atoms with van der Waals surface area (Å²) < 4.78 is 36.8. The Labute approximate surface area is 106 Å². The van der Waals surface area contributed by atoms with Gasteiger partial charge in [-0.05, 0) is 32.1 Å². The van der Waals surface area contributed by atoms with Crippen molar-refractivity contribution in [2.24, 2.45) is 11.7 Å². The van der Waals surface area contributed by atoms with Crippen LogP contribution in [-0.2, 0) is 4.79 Å². The van der Waals surface area contributed by atoms with E-state index < -0.39 is 18.6 Å². The van der Waals surface area contributed by atoms with Crippen LogP contribution in [0.4, 0.5) is 13.2 Å². The summed E-state index contributed by atoms with van der Waals surface area (Å²) in [4.78, 5) is 12.7. The Balaban J connectivity index is 2.46. The minimum atomic E-state index is -4.32. The highest BCUT2D eigenvalue weighted by atomic mass is 19.4. The number of nitrogens with two attached hydrogens (primary N) is 1. The lowest BCUT2D eigenvalue weighted by atomic mass is 9.84. The second-order valence-corrected chi connectivity index (χ2v) is 5.02. The zero-order valence-electron chi connectivity index (χ0n) is 10.7. The lowest BCUT2D eigenvalue weighted by molar-refractivity contribution is -0.161. The molecule has 1 rings (SSSR count). The fourth-order valence-electron chi connectivity index (χ4n) is 2.49. The second kappa shape index (κ2) is 6.41. The normalized spacial score (nSPS) is 24.9. The molecule has 18 heavy (non-hydrogen) atoms. The molecular formula is C12H21F3N2O. The van der Waals surface area contributed by atoms with Gasteiger partial charge in [-0.15, -0.1) is 0 Å². The zero-order valence-corrected chi connectivity index (χ0v) is 10.7. The van der Waals surface area contributed by atoms with Crippen LogP contribution in [0.5, 0.6) is 0 Å². The highest BCUT2D eigenvalue weighted by Gasteiger charge is 2.33. The van der Waals surface area contributed by atoms with Gasteiger partial charge in [0.25, 0.3) is 0 Å². The summed E-state index contributed by atoms with van der Waals surface area (Å²) in [5.41, 5.74) is 5.81. The van der Waals surface area contributed by atoms with Gasteiger partial charge in [0.15, 0.2) is 0 Å². The highest BCUT2D eigenvalue weighted by molar-refractivity contribution is 5.76. The molecule has 0 saturated heterocycles. The van der Waals surface area contributed by atoms with Gasteiger partial charge in [-0.25, -0.2) is 0 Å². The van der Waals surface area contributed by atoms with Gasteiger partial charge >= 0.3 is 6.18 Å². The molecule has 106 valence electrons. The van der Waals surface area contributed by atoms with Crippen LogP contribution < -0.4 is 5.73 Å². The number of carbonyl (C=O) groups excluding carboxylic acids is 1. The fraction of sp³-hybridized carbons (Fsp3) is 0.917. The van der Waals surface area contributed by atoms with E-state index in [4.69, 9.17) is 5.73 Å². The van der Waals surface area contributed by atoms with Crippen LogP contribution in [0.25, 0.3) is 0 Å². The van der Waals surface area contributed by atoms with E-state index in [9.17, 15) is 18.0 Å². The number of hydrogen-bond acceptors (Lipinski definition) is 2. The summed E-state index contributed by atoms with van der Waals surface area (Å²) in [5, 5.41) is 0. The summed E-state index contributed by atoms with van der Waals surface area (Å²) in [6.07, 6.45) is -0.584. The first kappa shape index (κ1) is 15.3. The average molecular weight is 266 g/mol. The standard InChI is InChI=1S/C12H21F3N2O/c1-2-17(8-12(13,14)15)11(18)7-9-4-3-5-10(16)6-9/h9-10H,2-8,16H2,1H3. The van der Waals surface area contributed by atoms with Crippen LogP contribution in [0, 0.1) is 5.92 Å². The zero-order chi connectivity index (χ0) is 13.8. The maximum Gasteiger partial charge on any atom is 0.406 e. The van der Waals surface area contributed by atoms with Gasteiger partial charge in [0.05, 0.1) is 0 Å². The monoisotopic (exact) mass is 266 g/mol. The molecule has 1 aliphatic carbocycles. The second-order valence-electron chi connectivity index (χ2n) is 5.02. The molecule has 0 aromatic rings. The first-order valence-electron chi connectivity index (χ1n) is 6.42. The van der Waals surface area contributed by atoms with Gasteiger partial charge in [-0.1, -0.05) is 6.42 Å². The summed E-state index contributed by atoms with van der Waals surface area (Å²) in [5.74, 6) is -0.266. The molecular weight excluding hydrogens is 245 g/mol. The predicted molar refractivity (Wildman–Crippen MR) is 62.9 cm³/mol. The van der Waals surface area contributed by atoms with Crippen molar-refractivity contribution in [1.82, 2.24) is 4.90 Å². The van der Waals surface area contributed by atoms with E-state index in [-0.39, 0.29) is 24.9 Å². The van der Waals surface area contributed by atoms with Crippen molar-refractivity contribution in [3.8, 4) is 0 Å². The number of nitrogens with zero attached hydrogens (tertiary/aromatic N) is 1. The maximum atomic E-state index is 12.3. The third-order valence-electron chi connectivity index (χ3n) is 3.39. The summed E-state index contributed by atoms with van der Waals surface area (Å²) in [7, 11) is 0. The molecule has 0 bridgehead atoms. The Bertz CT molecular complexity index is 281. The van der Waals surface area contributed by atoms with Crippen LogP contribution >= 0.6 is 0 Å². The van der Waals surface area contributed by atoms with Gasteiger partial charge in [-0.2, -0.15) is 13.2 Å². The molecule has 6 heteroatoms. The highest BCUT2D eigenvalue weighted by Crippen LogP contribution is 2.27. The Hall–Kier alpha value is -0.780. The first-order valence-corrected chi connectivity index (χ1v) is 6.42. The van der Waals surface area contributed by atoms with Crippen LogP contribution in [-0.4, -0.2) is 36.1 Å². The summed E-state index contributed by atoms with van der Waals surface area (Å²) >= 11 is 0. The molecule has 0 aromatic carbocycles. The number of carbonyl (C=O) groups is 1. The van der Waals surface area contributed by atoms with Crippen molar-refractivity contribution < 1.29 is 18.0 Å². The minimum absolute atomic E-state index is 0.0919. The van der Waals surface area contributed by atoms with Crippen molar-refractivity contribution in [1.29, 1.82) is 0 Å². The van der Waals surface area contributed by atoms with Crippen LogP contribution in [0.3, 0.4) is 0 Å². The average Bonchev–Trinajstić information content (AvgIpc) is 2.24. The molecule has 2 atom stereocenters. The molecule has 3 nitrogen and oxygen atoms in total. The first-order chi connectivity index (χ1) is 8.31. The number of amides is 1. The van der Waals surface area contributed by atoms with E-state index in [2.05, 4.69) is 0 Å². The number of alkyl halides is 3. The Morgan fingerprint density at radius 3 is 2.56 bits per heavy atom. The van der Waals surface area contributed by atoms with Gasteiger partial charge in [0.2, 0.25) is 5.91 Å². The summed E-state index contributed by atoms with van der Waals surface area (Å²) in [6.45, 7) is 0.508. The molecule has 0 radical (unpaired) electrons. The van der Waals surface area contributed by atoms with Crippen molar-refractivity contribution >= 4 is 5.91 Å². The molecule has 2 N–H and O–H groups in total. The SMILES string of the molecule is CCN(CC(F)(F)F)C(=O)CC1CCCC(N)C1. The van der Waals surface area contributed by atoms with E-state index in [1.807, 2.05) is 0 Å². The van der Waals surface area contributed by atoms with E-state index in [0.29, 0.717) is 0 Å². The van der Waals surface area contributed by atoms with Crippen LogP contribution in [0.15, 0.2) is 0 Å². The quantitative estimate of drug-likeness (QED) is 0.848. The maximum absolute atomic E-state index is 12.3. The van der Waals surface area contributed by atoms with Crippen molar-refractivity contribution in [2.75, 3.05) is 13.1 Å². The molecule has 1 saturated carbocycles. The lowest BCUT2D eigenvalue weighted by Crippen LogP contribution is -2.40. The Kier molecular flexibility index (Phi) is 5.44. The van der Waals surface area contributed by atoms with Gasteiger partial charge < -0.3 is 10.6 Å². The van der Waals surface area contributed by atoms with Gasteiger partial charge in [0, 0.05) is 19.0 Å². The van der Waals surface area contributed by atoms with Gasteiger partial charge in [-0.3, -0.25) is 4.79 Å². The number of hydrogen-bond donors (Lipinski definition) is 1. The van der Waals surface area contributed by atoms with Crippen molar-refractivity contribution in [3.05, 3.63) is 0 Å². The third-order valence-corrected chi connectivity index (χ3v) is 3.39. The molecule has 2 unspecified atom stereocenters. The van der Waals surface area contributed by atoms with Crippen LogP contribution in [0.2, 0.25) is 0 Å².